The largest absolute Gasteiger partial charge is 0.398 e. The Morgan fingerprint density at radius 3 is 2.36 bits per heavy atom. The molecule has 3 rings (SSSR count). The zero-order chi connectivity index (χ0) is 24.2. The van der Waals surface area contributed by atoms with E-state index in [1.54, 1.807) is 0 Å². The maximum absolute atomic E-state index is 13.3. The maximum Gasteiger partial charge on any atom is 0.320 e. The van der Waals surface area contributed by atoms with Gasteiger partial charge in [-0.25, -0.2) is 14.2 Å². The molecule has 8 heteroatoms. The summed E-state index contributed by atoms with van der Waals surface area (Å²) in [7, 11) is 0. The number of nitrogens with one attached hydrogen (secondary N) is 2. The molecular formula is C25H29FN5O2+. The van der Waals surface area contributed by atoms with Gasteiger partial charge in [0.2, 0.25) is 5.71 Å². The Morgan fingerprint density at radius 1 is 1.15 bits per heavy atom. The molecule has 3 aromatic rings. The van der Waals surface area contributed by atoms with Gasteiger partial charge in [0.05, 0.1) is 29.6 Å². The first-order valence-electron chi connectivity index (χ1n) is 10.5. The lowest BCUT2D eigenvalue weighted by Gasteiger charge is -2.32. The number of benzene rings is 2. The second-order valence-corrected chi connectivity index (χ2v) is 8.81. The van der Waals surface area contributed by atoms with E-state index in [-0.39, 0.29) is 34.4 Å². The predicted octanol–water partition coefficient (Wildman–Crippen LogP) is 2.80. The van der Waals surface area contributed by atoms with Crippen molar-refractivity contribution in [3.8, 4) is 0 Å². The molecule has 0 aliphatic carbocycles. The molecule has 1 aromatic heterocycles. The van der Waals surface area contributed by atoms with Gasteiger partial charge in [0, 0.05) is 11.6 Å². The van der Waals surface area contributed by atoms with Crippen LogP contribution < -0.4 is 21.8 Å². The second kappa shape index (κ2) is 9.79. The lowest BCUT2D eigenvalue weighted by Crippen LogP contribution is -2.42. The number of rotatable bonds is 6. The molecule has 2 aromatic carbocycles. The molecule has 7 nitrogen and oxygen atoms in total. The van der Waals surface area contributed by atoms with E-state index in [1.165, 1.54) is 30.3 Å². The van der Waals surface area contributed by atoms with E-state index < -0.39 is 18.5 Å². The molecule has 2 amide bonds. The van der Waals surface area contributed by atoms with Crippen LogP contribution in [0.25, 0.3) is 0 Å². The highest BCUT2D eigenvalue weighted by molar-refractivity contribution is 6.13. The third-order valence-corrected chi connectivity index (χ3v) is 5.22. The normalized spacial score (nSPS) is 12.2. The minimum Gasteiger partial charge on any atom is -0.398 e. The number of hydrogen-bond donors (Lipinski definition) is 5. The molecule has 7 N–H and O–H groups in total. The SMILES string of the molecule is CC(C)(C)[C@@H](NC(=O)Nc1cc(N)c(C(=[NH2+])c2ccc(F)cc2)c(CO)n1)c1ccccc1. The van der Waals surface area contributed by atoms with Crippen LogP contribution in [0.15, 0.2) is 60.7 Å². The average Bonchev–Trinajstić information content (AvgIpc) is 2.77. The number of nitrogens with two attached hydrogens (primary N) is 2. The maximum atomic E-state index is 13.3. The van der Waals surface area contributed by atoms with Gasteiger partial charge in [0.25, 0.3) is 0 Å². The van der Waals surface area contributed by atoms with E-state index in [9.17, 15) is 14.3 Å². The van der Waals surface area contributed by atoms with E-state index in [0.29, 0.717) is 11.1 Å². The molecule has 0 fully saturated rings. The number of halogens is 1. The fraction of sp³-hybridized carbons (Fsp3) is 0.240. The van der Waals surface area contributed by atoms with Crippen molar-refractivity contribution in [3.05, 3.63) is 88.9 Å². The highest BCUT2D eigenvalue weighted by Gasteiger charge is 2.28. The first kappa shape index (κ1) is 23.9. The smallest absolute Gasteiger partial charge is 0.320 e. The first-order valence-corrected chi connectivity index (χ1v) is 10.5. The van der Waals surface area contributed by atoms with Crippen molar-refractivity contribution in [3.63, 3.8) is 0 Å². The van der Waals surface area contributed by atoms with Crippen molar-refractivity contribution in [1.29, 1.82) is 0 Å². The van der Waals surface area contributed by atoms with Crippen LogP contribution in [0.5, 0.6) is 0 Å². The van der Waals surface area contributed by atoms with Crippen LogP contribution >= 0.6 is 0 Å². The van der Waals surface area contributed by atoms with Crippen molar-refractivity contribution in [1.82, 2.24) is 10.3 Å². The molecule has 0 spiro atoms. The van der Waals surface area contributed by atoms with Gasteiger partial charge in [-0.05, 0) is 35.2 Å². The quantitative estimate of drug-likeness (QED) is 0.370. The van der Waals surface area contributed by atoms with E-state index >= 15 is 0 Å². The molecule has 33 heavy (non-hydrogen) atoms. The molecule has 0 aliphatic rings. The number of nitrogen functional groups attached to an aromatic ring is 1. The number of nitrogens with zero attached hydrogens (tertiary/aromatic N) is 1. The van der Waals surface area contributed by atoms with Gasteiger partial charge in [-0.2, -0.15) is 0 Å². The number of amides is 2. The number of hydrogen-bond acceptors (Lipinski definition) is 4. The number of aliphatic hydroxyl groups is 1. The molecule has 0 unspecified atom stereocenters. The second-order valence-electron chi connectivity index (χ2n) is 8.81. The summed E-state index contributed by atoms with van der Waals surface area (Å²) in [6, 6.07) is 16.0. The Labute approximate surface area is 192 Å². The van der Waals surface area contributed by atoms with Crippen molar-refractivity contribution < 1.29 is 19.7 Å². The summed E-state index contributed by atoms with van der Waals surface area (Å²) < 4.78 is 13.3. The zero-order valence-electron chi connectivity index (χ0n) is 18.9. The Kier molecular flexibility index (Phi) is 7.08. The fourth-order valence-corrected chi connectivity index (χ4v) is 3.61. The van der Waals surface area contributed by atoms with E-state index in [4.69, 9.17) is 11.1 Å². The molecule has 0 radical (unpaired) electrons. The Balaban J connectivity index is 1.84. The molecule has 0 bridgehead atoms. The van der Waals surface area contributed by atoms with Gasteiger partial charge < -0.3 is 16.2 Å². The summed E-state index contributed by atoms with van der Waals surface area (Å²) in [5.74, 6) is -0.222. The highest BCUT2D eigenvalue weighted by atomic mass is 19.1. The van der Waals surface area contributed by atoms with Crippen LogP contribution in [0, 0.1) is 11.2 Å². The van der Waals surface area contributed by atoms with Crippen LogP contribution in [-0.4, -0.2) is 21.8 Å². The molecule has 0 saturated carbocycles. The van der Waals surface area contributed by atoms with Crippen LogP contribution in [0.4, 0.5) is 20.7 Å². The summed E-state index contributed by atoms with van der Waals surface area (Å²) >= 11 is 0. The molecule has 172 valence electrons. The average molecular weight is 451 g/mol. The first-order chi connectivity index (χ1) is 15.6. The van der Waals surface area contributed by atoms with Gasteiger partial charge in [0.1, 0.15) is 11.6 Å². The Morgan fingerprint density at radius 2 is 1.79 bits per heavy atom. The van der Waals surface area contributed by atoms with Crippen LogP contribution in [0.1, 0.15) is 49.2 Å². The zero-order valence-corrected chi connectivity index (χ0v) is 18.9. The molecule has 1 heterocycles. The standard InChI is InChI=1S/C25H28FN5O2/c1-25(2,3)23(16-7-5-4-6-8-16)31-24(33)30-20-13-18(27)21(19(14-32)29-20)22(28)15-9-11-17(26)12-10-15/h4-13,23,28,32H,14H2,1-3H3,(H4,27,29,30,31,33)/p+1/t23-/m0/s1. The minimum atomic E-state index is -0.460. The Hall–Kier alpha value is -3.78. The summed E-state index contributed by atoms with van der Waals surface area (Å²) in [5, 5.41) is 21.8. The van der Waals surface area contributed by atoms with Crippen LogP contribution in [-0.2, 0) is 6.61 Å². The summed E-state index contributed by atoms with van der Waals surface area (Å²) in [6.07, 6.45) is 0. The monoisotopic (exact) mass is 450 g/mol. The molecule has 0 aliphatic heterocycles. The van der Waals surface area contributed by atoms with Crippen LogP contribution in [0.2, 0.25) is 0 Å². The van der Waals surface area contributed by atoms with E-state index in [0.717, 1.165) is 5.56 Å². The summed E-state index contributed by atoms with van der Waals surface area (Å²) in [6.45, 7) is 5.66. The van der Waals surface area contributed by atoms with Gasteiger partial charge in [-0.3, -0.25) is 10.7 Å². The number of aliphatic hydroxyl groups excluding tert-OH is 1. The number of carbonyl (C=O) groups is 1. The minimum absolute atomic E-state index is 0.172. The number of pyridine rings is 1. The lowest BCUT2D eigenvalue weighted by molar-refractivity contribution is -0.111. The number of urea groups is 1. The Bertz CT molecular complexity index is 1140. The van der Waals surface area contributed by atoms with Gasteiger partial charge >= 0.3 is 6.03 Å². The topological polar surface area (TPSA) is 126 Å². The molecular weight excluding hydrogens is 421 g/mol. The molecule has 0 saturated heterocycles. The van der Waals surface area contributed by atoms with Crippen molar-refractivity contribution in [2.24, 2.45) is 5.41 Å². The number of carbonyl (C=O) groups excluding carboxylic acids is 1. The predicted molar refractivity (Wildman–Crippen MR) is 127 cm³/mol. The summed E-state index contributed by atoms with van der Waals surface area (Å²) in [4.78, 5) is 17.1. The third-order valence-electron chi connectivity index (χ3n) is 5.22. The van der Waals surface area contributed by atoms with Crippen LogP contribution in [0.3, 0.4) is 0 Å². The van der Waals surface area contributed by atoms with E-state index in [2.05, 4.69) is 15.6 Å². The van der Waals surface area contributed by atoms with Gasteiger partial charge in [0.15, 0.2) is 0 Å². The van der Waals surface area contributed by atoms with E-state index in [1.807, 2.05) is 51.1 Å². The highest BCUT2D eigenvalue weighted by Crippen LogP contribution is 2.32. The van der Waals surface area contributed by atoms with Crippen molar-refractivity contribution in [2.45, 2.75) is 33.4 Å². The number of aromatic nitrogens is 1. The lowest BCUT2D eigenvalue weighted by atomic mass is 9.82. The number of anilines is 2. The third kappa shape index (κ3) is 5.72. The molecule has 1 atom stereocenters. The van der Waals surface area contributed by atoms with Crippen molar-refractivity contribution >= 4 is 23.2 Å². The van der Waals surface area contributed by atoms with Gasteiger partial charge in [-0.15, -0.1) is 0 Å². The fourth-order valence-electron chi connectivity index (χ4n) is 3.61. The summed E-state index contributed by atoms with van der Waals surface area (Å²) in [5.41, 5.74) is 8.48. The van der Waals surface area contributed by atoms with Crippen molar-refractivity contribution in [2.75, 3.05) is 11.1 Å². The van der Waals surface area contributed by atoms with Gasteiger partial charge in [-0.1, -0.05) is 51.1 Å².